The van der Waals surface area contributed by atoms with Gasteiger partial charge in [-0.25, -0.2) is 9.67 Å². The predicted molar refractivity (Wildman–Crippen MR) is 100 cm³/mol. The van der Waals surface area contributed by atoms with E-state index < -0.39 is 12.6 Å². The molecule has 0 radical (unpaired) electrons. The molecule has 4 rings (SSSR count). The van der Waals surface area contributed by atoms with Crippen molar-refractivity contribution in [1.29, 1.82) is 0 Å². The Kier molecular flexibility index (Phi) is 4.83. The van der Waals surface area contributed by atoms with E-state index in [2.05, 4.69) is 10.1 Å². The van der Waals surface area contributed by atoms with Gasteiger partial charge in [-0.1, -0.05) is 35.5 Å². The first kappa shape index (κ1) is 17.6. The third kappa shape index (κ3) is 3.67. The van der Waals surface area contributed by atoms with E-state index in [0.29, 0.717) is 10.7 Å². The van der Waals surface area contributed by atoms with E-state index in [-0.39, 0.29) is 12.5 Å². The Bertz CT molecular complexity index is 1010. The largest absolute Gasteiger partial charge is 0.454 e. The number of benzene rings is 2. The van der Waals surface area contributed by atoms with Crippen LogP contribution < -0.4 is 4.90 Å². The van der Waals surface area contributed by atoms with Gasteiger partial charge in [0.15, 0.2) is 6.61 Å². The van der Waals surface area contributed by atoms with Gasteiger partial charge in [-0.2, -0.15) is 5.10 Å². The molecule has 3 aromatic rings. The van der Waals surface area contributed by atoms with Crippen LogP contribution in [-0.2, 0) is 20.9 Å². The van der Waals surface area contributed by atoms with Gasteiger partial charge in [-0.3, -0.25) is 14.5 Å². The van der Waals surface area contributed by atoms with Crippen molar-refractivity contribution < 1.29 is 14.3 Å². The number of nitrogens with zero attached hydrogens (tertiary/aromatic N) is 4. The van der Waals surface area contributed by atoms with Gasteiger partial charge in [0, 0.05) is 14.8 Å². The number of para-hydroxylation sites is 1. The van der Waals surface area contributed by atoms with Crippen molar-refractivity contribution in [2.45, 2.75) is 16.3 Å². The van der Waals surface area contributed by atoms with Crippen LogP contribution in [0.25, 0.3) is 0 Å². The first-order valence-corrected chi connectivity index (χ1v) is 9.19. The second-order valence-corrected chi connectivity index (χ2v) is 7.18. The van der Waals surface area contributed by atoms with Gasteiger partial charge in [-0.05, 0) is 30.3 Å². The highest BCUT2D eigenvalue weighted by Gasteiger charge is 2.29. The number of halogens is 1. The number of amides is 1. The summed E-state index contributed by atoms with van der Waals surface area (Å²) in [5, 5.41) is 4.36. The number of rotatable bonds is 4. The molecule has 9 heteroatoms. The molecule has 2 heterocycles. The van der Waals surface area contributed by atoms with Gasteiger partial charge in [0.2, 0.25) is 0 Å². The molecule has 0 saturated carbocycles. The van der Waals surface area contributed by atoms with E-state index in [1.807, 2.05) is 30.3 Å². The van der Waals surface area contributed by atoms with Gasteiger partial charge < -0.3 is 4.74 Å². The van der Waals surface area contributed by atoms with Gasteiger partial charge in [0.1, 0.15) is 19.2 Å². The zero-order chi connectivity index (χ0) is 18.8. The highest BCUT2D eigenvalue weighted by atomic mass is 35.5. The molecular weight excluding hydrogens is 388 g/mol. The number of carbonyl (C=O) groups is 2. The fourth-order valence-corrected chi connectivity index (χ4v) is 3.90. The zero-order valence-corrected chi connectivity index (χ0v) is 15.5. The predicted octanol–water partition coefficient (Wildman–Crippen LogP) is 3.30. The fourth-order valence-electron chi connectivity index (χ4n) is 2.70. The Morgan fingerprint density at radius 1 is 1.11 bits per heavy atom. The normalized spacial score (nSPS) is 12.3. The molecule has 0 atom stereocenters. The Morgan fingerprint density at radius 2 is 1.93 bits per heavy atom. The summed E-state index contributed by atoms with van der Waals surface area (Å²) >= 11 is 7.69. The van der Waals surface area contributed by atoms with Crippen molar-refractivity contribution >= 4 is 46.6 Å². The van der Waals surface area contributed by atoms with Crippen LogP contribution in [-0.4, -0.2) is 33.2 Å². The maximum atomic E-state index is 12.9. The summed E-state index contributed by atoms with van der Waals surface area (Å²) in [6.45, 7) is -0.499. The molecule has 0 bridgehead atoms. The number of aromatic nitrogens is 3. The lowest BCUT2D eigenvalue weighted by atomic mass is 10.2. The fraction of sp³-hybridized carbons (Fsp3) is 0.111. The number of hydrogen-bond donors (Lipinski definition) is 0. The van der Waals surface area contributed by atoms with Crippen LogP contribution >= 0.6 is 23.4 Å². The van der Waals surface area contributed by atoms with Crippen LogP contribution in [0, 0.1) is 0 Å². The summed E-state index contributed by atoms with van der Waals surface area (Å²) in [5.74, 6) is -0.932. The molecule has 27 heavy (non-hydrogen) atoms. The van der Waals surface area contributed by atoms with Crippen LogP contribution in [0.15, 0.2) is 64.9 Å². The van der Waals surface area contributed by atoms with E-state index in [0.717, 1.165) is 15.5 Å². The van der Waals surface area contributed by atoms with E-state index in [1.54, 1.807) is 23.9 Å². The average molecular weight is 401 g/mol. The second-order valence-electron chi connectivity index (χ2n) is 5.66. The monoisotopic (exact) mass is 400 g/mol. The van der Waals surface area contributed by atoms with Crippen LogP contribution in [0.4, 0.5) is 11.4 Å². The number of esters is 1. The summed E-state index contributed by atoms with van der Waals surface area (Å²) in [6, 6.07) is 12.9. The Morgan fingerprint density at radius 3 is 2.74 bits per heavy atom. The highest BCUT2D eigenvalue weighted by molar-refractivity contribution is 7.99. The molecule has 0 spiro atoms. The van der Waals surface area contributed by atoms with E-state index >= 15 is 0 Å². The summed E-state index contributed by atoms with van der Waals surface area (Å²) in [5.41, 5.74) is 1.40. The van der Waals surface area contributed by atoms with Gasteiger partial charge in [-0.15, -0.1) is 0 Å². The lowest BCUT2D eigenvalue weighted by Crippen LogP contribution is -2.33. The second kappa shape index (κ2) is 7.42. The maximum Gasteiger partial charge on any atom is 0.328 e. The van der Waals surface area contributed by atoms with Gasteiger partial charge in [0.05, 0.1) is 11.4 Å². The van der Waals surface area contributed by atoms with Gasteiger partial charge >= 0.3 is 5.97 Å². The van der Waals surface area contributed by atoms with Crippen molar-refractivity contribution in [2.24, 2.45) is 0 Å². The molecule has 0 saturated heterocycles. The Labute approximate surface area is 163 Å². The molecule has 0 fully saturated rings. The Balaban J connectivity index is 1.56. The van der Waals surface area contributed by atoms with Crippen molar-refractivity contribution in [3.63, 3.8) is 0 Å². The molecule has 0 N–H and O–H groups in total. The van der Waals surface area contributed by atoms with Crippen molar-refractivity contribution in [3.05, 3.63) is 60.1 Å². The first-order chi connectivity index (χ1) is 13.1. The minimum absolute atomic E-state index is 0.109. The van der Waals surface area contributed by atoms with Crippen LogP contribution in [0.1, 0.15) is 0 Å². The number of hydrogen-bond acceptors (Lipinski definition) is 6. The number of fused-ring (bicyclic) bond motifs is 2. The quantitative estimate of drug-likeness (QED) is 0.625. The summed E-state index contributed by atoms with van der Waals surface area (Å²) in [4.78, 5) is 32.0. The number of ether oxygens (including phenoxy) is 1. The lowest BCUT2D eigenvalue weighted by Gasteiger charge is -2.31. The molecule has 1 aliphatic rings. The molecule has 1 amide bonds. The van der Waals surface area contributed by atoms with Crippen molar-refractivity contribution in [3.8, 4) is 0 Å². The zero-order valence-electron chi connectivity index (χ0n) is 13.9. The van der Waals surface area contributed by atoms with E-state index in [4.69, 9.17) is 16.3 Å². The first-order valence-electron chi connectivity index (χ1n) is 7.99. The average Bonchev–Trinajstić information content (AvgIpc) is 3.17. The molecule has 136 valence electrons. The van der Waals surface area contributed by atoms with Crippen LogP contribution in [0.5, 0.6) is 0 Å². The summed E-state index contributed by atoms with van der Waals surface area (Å²) < 4.78 is 6.46. The van der Waals surface area contributed by atoms with Crippen LogP contribution in [0.2, 0.25) is 5.02 Å². The smallest absolute Gasteiger partial charge is 0.328 e. The molecule has 1 aromatic heterocycles. The van der Waals surface area contributed by atoms with Crippen molar-refractivity contribution in [1.82, 2.24) is 14.8 Å². The maximum absolute atomic E-state index is 12.9. The standard InChI is InChI=1S/C18H13ClN4O3S/c19-12-5-6-16-14(7-12)23(13-3-1-2-4-15(13)27-16)17(24)9-26-18(25)8-22-11-20-10-21-22/h1-7,10-11H,8-9H2. The minimum Gasteiger partial charge on any atom is -0.454 e. The molecule has 0 unspecified atom stereocenters. The minimum atomic E-state index is -0.570. The summed E-state index contributed by atoms with van der Waals surface area (Å²) in [7, 11) is 0. The third-order valence-corrected chi connectivity index (χ3v) is 5.22. The topological polar surface area (TPSA) is 77.3 Å². The summed E-state index contributed by atoms with van der Waals surface area (Å²) in [6.07, 6.45) is 2.72. The van der Waals surface area contributed by atoms with E-state index in [9.17, 15) is 9.59 Å². The lowest BCUT2D eigenvalue weighted by molar-refractivity contribution is -0.148. The number of anilines is 2. The van der Waals surface area contributed by atoms with E-state index in [1.165, 1.54) is 22.2 Å². The van der Waals surface area contributed by atoms with Crippen LogP contribution in [0.3, 0.4) is 0 Å². The molecule has 0 aliphatic carbocycles. The molecule has 7 nitrogen and oxygen atoms in total. The molecule has 2 aromatic carbocycles. The highest BCUT2D eigenvalue weighted by Crippen LogP contribution is 2.48. The third-order valence-electron chi connectivity index (χ3n) is 3.85. The number of carbonyl (C=O) groups excluding carboxylic acids is 2. The SMILES string of the molecule is O=C(Cn1cncn1)OCC(=O)N1c2ccccc2Sc2ccc(Cl)cc21. The molecular formula is C18H13ClN4O3S. The van der Waals surface area contributed by atoms with Crippen molar-refractivity contribution in [2.75, 3.05) is 11.5 Å². The Hall–Kier alpha value is -2.84. The van der Waals surface area contributed by atoms with Gasteiger partial charge in [0.25, 0.3) is 5.91 Å². The molecule has 1 aliphatic heterocycles.